The van der Waals surface area contributed by atoms with Crippen molar-refractivity contribution < 1.29 is 10.1 Å². The van der Waals surface area contributed by atoms with E-state index >= 15 is 0 Å². The summed E-state index contributed by atoms with van der Waals surface area (Å²) < 4.78 is 0. The third-order valence-electron chi connectivity index (χ3n) is 2.90. The number of likely N-dealkylation sites (N-methyl/N-ethyl adjacent to an activating group) is 1. The zero-order valence-electron chi connectivity index (χ0n) is 10.3. The lowest BCUT2D eigenvalue weighted by Crippen LogP contribution is -2.85. The van der Waals surface area contributed by atoms with Gasteiger partial charge in [-0.2, -0.15) is 0 Å². The van der Waals surface area contributed by atoms with Crippen molar-refractivity contribution in [2.45, 2.75) is 24.5 Å². The van der Waals surface area contributed by atoms with Crippen molar-refractivity contribution in [1.29, 1.82) is 0 Å². The van der Waals surface area contributed by atoms with E-state index in [1.807, 2.05) is 11.8 Å². The molecule has 2 N–H and O–H groups in total. The van der Waals surface area contributed by atoms with Crippen molar-refractivity contribution in [2.24, 2.45) is 0 Å². The molecule has 0 radical (unpaired) electrons. The van der Waals surface area contributed by atoms with Gasteiger partial charge in [-0.3, -0.25) is 4.79 Å². The summed E-state index contributed by atoms with van der Waals surface area (Å²) in [4.78, 5) is 15.4. The van der Waals surface area contributed by atoms with Crippen LogP contribution in [0.15, 0.2) is 17.5 Å². The quantitative estimate of drug-likeness (QED) is 0.820. The smallest absolute Gasteiger partial charge is 0.236 e. The number of hydrogen-bond acceptors (Lipinski definition) is 3. The van der Waals surface area contributed by atoms with Gasteiger partial charge >= 0.3 is 0 Å². The van der Waals surface area contributed by atoms with Gasteiger partial charge in [0.2, 0.25) is 5.91 Å². The minimum Gasteiger partial charge on any atom is -0.345 e. The molecule has 0 aliphatic carbocycles. The van der Waals surface area contributed by atoms with Gasteiger partial charge in [0.15, 0.2) is 0 Å². The van der Waals surface area contributed by atoms with Gasteiger partial charge in [0.05, 0.1) is 24.9 Å². The van der Waals surface area contributed by atoms with Gasteiger partial charge in [0, 0.05) is 4.88 Å². The van der Waals surface area contributed by atoms with Crippen LogP contribution in [0.2, 0.25) is 0 Å². The summed E-state index contributed by atoms with van der Waals surface area (Å²) in [5.41, 5.74) is 0. The average molecular weight is 271 g/mol. The molecule has 94 valence electrons. The molecule has 1 aliphatic rings. The van der Waals surface area contributed by atoms with Crippen LogP contribution >= 0.6 is 23.1 Å². The van der Waals surface area contributed by atoms with Crippen LogP contribution in [0, 0.1) is 0 Å². The average Bonchev–Trinajstić information content (AvgIpc) is 2.92. The second kappa shape index (κ2) is 5.89. The highest BCUT2D eigenvalue weighted by Gasteiger charge is 2.38. The maximum atomic E-state index is 12.1. The van der Waals surface area contributed by atoms with Crippen LogP contribution in [0.4, 0.5) is 0 Å². The molecule has 2 atom stereocenters. The lowest BCUT2D eigenvalue weighted by atomic mass is 10.3. The maximum Gasteiger partial charge on any atom is 0.236 e. The molecule has 0 spiro atoms. The standard InChI is InChI=1S/C12H18N2OS2/c1-3-13-6-7-14-11(15)9(2)17-12(14)10-5-4-8-16-10/h4-5,8-9,12-13H,3,6-7H2,1-2H3/p+1/t9-,12+/m0/s1. The number of rotatable bonds is 5. The predicted molar refractivity (Wildman–Crippen MR) is 73.2 cm³/mol. The Balaban J connectivity index is 2.05. The number of hydrogen-bond donors (Lipinski definition) is 1. The minimum atomic E-state index is 0.101. The molecule has 0 bridgehead atoms. The fourth-order valence-corrected chi connectivity index (χ4v) is 4.24. The normalized spacial score (nSPS) is 24.6. The summed E-state index contributed by atoms with van der Waals surface area (Å²) >= 11 is 3.51. The molecule has 17 heavy (non-hydrogen) atoms. The number of nitrogens with zero attached hydrogens (tertiary/aromatic N) is 1. The van der Waals surface area contributed by atoms with Crippen molar-refractivity contribution >= 4 is 29.0 Å². The van der Waals surface area contributed by atoms with Crippen LogP contribution in [0.5, 0.6) is 0 Å². The Morgan fingerprint density at radius 3 is 3.00 bits per heavy atom. The van der Waals surface area contributed by atoms with Crippen LogP contribution in [0.25, 0.3) is 0 Å². The Hall–Kier alpha value is -0.520. The Morgan fingerprint density at radius 2 is 2.35 bits per heavy atom. The lowest BCUT2D eigenvalue weighted by molar-refractivity contribution is -0.651. The highest BCUT2D eigenvalue weighted by Crippen LogP contribution is 2.43. The van der Waals surface area contributed by atoms with Gasteiger partial charge in [0.1, 0.15) is 5.37 Å². The number of carbonyl (C=O) groups is 1. The van der Waals surface area contributed by atoms with Crippen LogP contribution in [0.1, 0.15) is 24.1 Å². The molecule has 1 aliphatic heterocycles. The summed E-state index contributed by atoms with van der Waals surface area (Å²) in [5.74, 6) is 0.290. The zero-order chi connectivity index (χ0) is 12.3. The Morgan fingerprint density at radius 1 is 1.53 bits per heavy atom. The van der Waals surface area contributed by atoms with Gasteiger partial charge in [-0.1, -0.05) is 6.07 Å². The molecule has 0 unspecified atom stereocenters. The highest BCUT2D eigenvalue weighted by molar-refractivity contribution is 8.01. The van der Waals surface area contributed by atoms with E-state index in [0.29, 0.717) is 0 Å². The number of quaternary nitrogens is 1. The Bertz CT molecular complexity index is 367. The van der Waals surface area contributed by atoms with Crippen LogP contribution in [-0.2, 0) is 4.79 Å². The first kappa shape index (κ1) is 12.9. The summed E-state index contributed by atoms with van der Waals surface area (Å²) in [6.07, 6.45) is 0. The summed E-state index contributed by atoms with van der Waals surface area (Å²) in [5, 5.41) is 4.66. The third kappa shape index (κ3) is 2.84. The molecular formula is C12H19N2OS2+. The first-order chi connectivity index (χ1) is 8.24. The van der Waals surface area contributed by atoms with Crippen molar-refractivity contribution in [3.8, 4) is 0 Å². The second-order valence-corrected chi connectivity index (χ2v) is 6.57. The first-order valence-corrected chi connectivity index (χ1v) is 7.87. The third-order valence-corrected chi connectivity index (χ3v) is 5.35. The number of carbonyl (C=O) groups excluding carboxylic acids is 1. The number of thioether (sulfide) groups is 1. The van der Waals surface area contributed by atoms with Crippen LogP contribution in [-0.4, -0.2) is 35.7 Å². The van der Waals surface area contributed by atoms with Gasteiger partial charge in [0.25, 0.3) is 0 Å². The molecule has 2 heterocycles. The van der Waals surface area contributed by atoms with Gasteiger partial charge < -0.3 is 10.2 Å². The van der Waals surface area contributed by atoms with E-state index in [0.717, 1.165) is 19.6 Å². The highest BCUT2D eigenvalue weighted by atomic mass is 32.2. The second-order valence-electron chi connectivity index (χ2n) is 4.16. The summed E-state index contributed by atoms with van der Waals surface area (Å²) in [6, 6.07) is 4.19. The molecule has 1 aromatic heterocycles. The van der Waals surface area contributed by atoms with Gasteiger partial charge in [-0.15, -0.1) is 23.1 Å². The van der Waals surface area contributed by atoms with Crippen LogP contribution < -0.4 is 5.32 Å². The van der Waals surface area contributed by atoms with E-state index in [1.54, 1.807) is 23.1 Å². The van der Waals surface area contributed by atoms with E-state index in [9.17, 15) is 4.79 Å². The van der Waals surface area contributed by atoms with E-state index in [2.05, 4.69) is 29.8 Å². The topological polar surface area (TPSA) is 36.9 Å². The SMILES string of the molecule is CC[NH2+]CCN1C(=O)[C@H](C)S[C@@H]1c1cccs1. The molecule has 1 saturated heterocycles. The van der Waals surface area contributed by atoms with Crippen molar-refractivity contribution in [3.63, 3.8) is 0 Å². The Labute approximate surface area is 111 Å². The molecule has 5 heteroatoms. The van der Waals surface area contributed by atoms with E-state index < -0.39 is 0 Å². The first-order valence-electron chi connectivity index (χ1n) is 6.05. The number of amides is 1. The molecule has 1 amide bonds. The zero-order valence-corrected chi connectivity index (χ0v) is 11.9. The molecule has 1 fully saturated rings. The predicted octanol–water partition coefficient (Wildman–Crippen LogP) is 1.29. The molecular weight excluding hydrogens is 252 g/mol. The largest absolute Gasteiger partial charge is 0.345 e. The van der Waals surface area contributed by atoms with Crippen molar-refractivity contribution in [1.82, 2.24) is 4.90 Å². The minimum absolute atomic E-state index is 0.101. The van der Waals surface area contributed by atoms with Gasteiger partial charge in [-0.25, -0.2) is 0 Å². The number of thiophene rings is 1. The van der Waals surface area contributed by atoms with E-state index in [1.165, 1.54) is 4.88 Å². The molecule has 0 aromatic carbocycles. The molecule has 3 nitrogen and oxygen atoms in total. The number of nitrogens with two attached hydrogens (primary N) is 1. The van der Waals surface area contributed by atoms with E-state index in [-0.39, 0.29) is 16.5 Å². The summed E-state index contributed by atoms with van der Waals surface area (Å²) in [6.45, 7) is 7.08. The molecule has 0 saturated carbocycles. The fraction of sp³-hybridized carbons (Fsp3) is 0.583. The van der Waals surface area contributed by atoms with Crippen LogP contribution in [0.3, 0.4) is 0 Å². The maximum absolute atomic E-state index is 12.1. The summed E-state index contributed by atoms with van der Waals surface area (Å²) in [7, 11) is 0. The monoisotopic (exact) mass is 271 g/mol. The fourth-order valence-electron chi connectivity index (χ4n) is 1.99. The Kier molecular flexibility index (Phi) is 4.48. The van der Waals surface area contributed by atoms with Gasteiger partial charge in [-0.05, 0) is 25.3 Å². The van der Waals surface area contributed by atoms with Crippen molar-refractivity contribution in [2.75, 3.05) is 19.6 Å². The molecule has 2 rings (SSSR count). The molecule has 1 aromatic rings. The van der Waals surface area contributed by atoms with Crippen molar-refractivity contribution in [3.05, 3.63) is 22.4 Å². The van der Waals surface area contributed by atoms with E-state index in [4.69, 9.17) is 0 Å². The lowest BCUT2D eigenvalue weighted by Gasteiger charge is -2.21.